The van der Waals surface area contributed by atoms with E-state index in [0.717, 1.165) is 19.8 Å². The van der Waals surface area contributed by atoms with Gasteiger partial charge in [-0.2, -0.15) is 0 Å². The lowest BCUT2D eigenvalue weighted by Gasteiger charge is -2.43. The van der Waals surface area contributed by atoms with Crippen LogP contribution in [0.3, 0.4) is 0 Å². The number of carbonyl (C=O) groups excluding carboxylic acids is 1. The number of unbranched alkanes of at least 4 members (excludes halogenated alkanes) is 9. The van der Waals surface area contributed by atoms with E-state index in [0.29, 0.717) is 6.42 Å². The molecule has 0 rings (SSSR count). The van der Waals surface area contributed by atoms with Crippen molar-refractivity contribution in [3.05, 3.63) is 0 Å². The highest BCUT2D eigenvalue weighted by molar-refractivity contribution is 5.74. The van der Waals surface area contributed by atoms with Crippen LogP contribution in [0.2, 0.25) is 0 Å². The van der Waals surface area contributed by atoms with Crippen molar-refractivity contribution in [2.75, 3.05) is 21.1 Å². The first-order chi connectivity index (χ1) is 11.5. The predicted molar refractivity (Wildman–Crippen MR) is 99.7 cm³/mol. The van der Waals surface area contributed by atoms with Gasteiger partial charge in [-0.3, -0.25) is 10.5 Å². The van der Waals surface area contributed by atoms with Gasteiger partial charge in [-0.15, -0.1) is 0 Å². The minimum atomic E-state index is -1.28. The molecule has 0 saturated carbocycles. The van der Waals surface area contributed by atoms with E-state index in [4.69, 9.17) is 15.6 Å². The van der Waals surface area contributed by atoms with E-state index in [1.807, 2.05) is 21.1 Å². The molecule has 6 nitrogen and oxygen atoms in total. The number of carboxylic acid groups (broad SMARTS) is 2. The summed E-state index contributed by atoms with van der Waals surface area (Å²) in [5.74, 6) is -1.98. The van der Waals surface area contributed by atoms with Gasteiger partial charge in [-0.05, 0) is 6.42 Å². The normalized spacial score (nSPS) is 13.5. The van der Waals surface area contributed by atoms with E-state index < -0.39 is 17.6 Å². The van der Waals surface area contributed by atoms with Crippen molar-refractivity contribution in [1.82, 2.24) is 0 Å². The third-order valence-electron chi connectivity index (χ3n) is 4.46. The maximum atomic E-state index is 11.3. The Morgan fingerprint density at radius 1 is 0.920 bits per heavy atom. The van der Waals surface area contributed by atoms with E-state index in [2.05, 4.69) is 6.92 Å². The number of hydrogen-bond acceptors (Lipinski definition) is 4. The molecule has 3 N–H and O–H groups in total. The maximum Gasteiger partial charge on any atom is 0.300 e. The second-order valence-electron chi connectivity index (χ2n) is 7.68. The highest BCUT2D eigenvalue weighted by atomic mass is 16.4. The largest absolute Gasteiger partial charge is 0.543 e. The molecule has 0 amide bonds. The Hall–Kier alpha value is -1.14. The van der Waals surface area contributed by atoms with E-state index >= 15 is 0 Å². The summed E-state index contributed by atoms with van der Waals surface area (Å²) in [4.78, 5) is 20.3. The van der Waals surface area contributed by atoms with Gasteiger partial charge < -0.3 is 19.5 Å². The lowest BCUT2D eigenvalue weighted by molar-refractivity contribution is -0.916. The summed E-state index contributed by atoms with van der Waals surface area (Å²) >= 11 is 0. The van der Waals surface area contributed by atoms with Gasteiger partial charge in [-0.25, -0.2) is 0 Å². The molecule has 0 bridgehead atoms. The fraction of sp³-hybridized carbons (Fsp3) is 0.895. The third-order valence-corrected chi connectivity index (χ3v) is 4.46. The molecule has 0 aliphatic carbocycles. The van der Waals surface area contributed by atoms with E-state index in [1.54, 1.807) is 0 Å². The molecule has 0 aliphatic heterocycles. The van der Waals surface area contributed by atoms with Gasteiger partial charge in [0.05, 0.1) is 21.1 Å². The zero-order valence-electron chi connectivity index (χ0n) is 17.0. The fourth-order valence-corrected chi connectivity index (χ4v) is 2.59. The molecule has 0 aromatic heterocycles. The molecule has 0 aromatic rings. The van der Waals surface area contributed by atoms with Crippen LogP contribution in [-0.2, 0) is 9.59 Å². The van der Waals surface area contributed by atoms with Gasteiger partial charge in [0.15, 0.2) is 5.66 Å². The van der Waals surface area contributed by atoms with Crippen LogP contribution < -0.4 is 10.8 Å². The molecule has 6 heteroatoms. The topological polar surface area (TPSA) is 103 Å². The van der Waals surface area contributed by atoms with E-state index in [9.17, 15) is 9.90 Å². The van der Waals surface area contributed by atoms with Gasteiger partial charge in [0.1, 0.15) is 5.97 Å². The van der Waals surface area contributed by atoms with E-state index in [-0.39, 0.29) is 4.48 Å². The molecule has 1 unspecified atom stereocenters. The van der Waals surface area contributed by atoms with Crippen LogP contribution in [0, 0.1) is 0 Å². The quantitative estimate of drug-likeness (QED) is 0.298. The van der Waals surface area contributed by atoms with E-state index in [1.165, 1.54) is 51.4 Å². The maximum absolute atomic E-state index is 11.3. The number of aliphatic carboxylic acids is 2. The van der Waals surface area contributed by atoms with Crippen LogP contribution in [0.15, 0.2) is 0 Å². The molecule has 0 aliphatic rings. The molecule has 0 spiro atoms. The molecule has 0 saturated heterocycles. The molecular weight excluding hydrogens is 320 g/mol. The smallest absolute Gasteiger partial charge is 0.300 e. The standard InChI is InChI=1S/C17H36N2O2.C2H4O2/c1-5-6-7-8-9-10-11-12-13-14-15-17(18,16(20)21)19(2,3)4;1-2(3)4/h5-15,18H2,1-4H3;1H3,(H,3,4). The second-order valence-corrected chi connectivity index (χ2v) is 7.68. The monoisotopic (exact) mass is 360 g/mol. The summed E-state index contributed by atoms with van der Waals surface area (Å²) in [6.45, 7) is 3.32. The van der Waals surface area contributed by atoms with Gasteiger partial charge in [0, 0.05) is 13.3 Å². The Labute approximate surface area is 154 Å². The van der Waals surface area contributed by atoms with Crippen molar-refractivity contribution in [3.8, 4) is 0 Å². The number of carboxylic acids is 2. The fourth-order valence-electron chi connectivity index (χ4n) is 2.59. The van der Waals surface area contributed by atoms with Crippen molar-refractivity contribution in [2.45, 2.75) is 90.1 Å². The first kappa shape index (κ1) is 26.1. The third kappa shape index (κ3) is 13.8. The molecule has 0 heterocycles. The average molecular weight is 361 g/mol. The molecular formula is C19H40N2O4. The highest BCUT2D eigenvalue weighted by Crippen LogP contribution is 2.20. The summed E-state index contributed by atoms with van der Waals surface area (Å²) in [5, 5.41) is 18.7. The van der Waals surface area contributed by atoms with Gasteiger partial charge >= 0.3 is 0 Å². The predicted octanol–water partition coefficient (Wildman–Crippen LogP) is 2.50. The van der Waals surface area contributed by atoms with Crippen LogP contribution >= 0.6 is 0 Å². The highest BCUT2D eigenvalue weighted by Gasteiger charge is 2.40. The minimum absolute atomic E-state index is 0.201. The first-order valence-electron chi connectivity index (χ1n) is 9.50. The van der Waals surface area contributed by atoms with Crippen LogP contribution in [0.4, 0.5) is 0 Å². The Kier molecular flexibility index (Phi) is 14.7. The molecule has 0 aromatic carbocycles. The number of rotatable bonds is 13. The number of nitrogens with two attached hydrogens (primary N) is 1. The summed E-state index contributed by atoms with van der Waals surface area (Å²) in [7, 11) is 5.43. The zero-order chi connectivity index (χ0) is 19.9. The summed E-state index contributed by atoms with van der Waals surface area (Å²) < 4.78 is 0.201. The van der Waals surface area contributed by atoms with Gasteiger partial charge in [0.2, 0.25) is 0 Å². The van der Waals surface area contributed by atoms with Gasteiger partial charge in [0.25, 0.3) is 5.97 Å². The van der Waals surface area contributed by atoms with Crippen LogP contribution in [-0.4, -0.2) is 48.3 Å². The van der Waals surface area contributed by atoms with Crippen LogP contribution in [0.1, 0.15) is 84.5 Å². The zero-order valence-corrected chi connectivity index (χ0v) is 17.0. The van der Waals surface area contributed by atoms with Crippen molar-refractivity contribution >= 4 is 11.9 Å². The van der Waals surface area contributed by atoms with Crippen LogP contribution in [0.5, 0.6) is 0 Å². The molecule has 0 radical (unpaired) electrons. The Morgan fingerprint density at radius 3 is 1.52 bits per heavy atom. The minimum Gasteiger partial charge on any atom is -0.543 e. The first-order valence-corrected chi connectivity index (χ1v) is 9.50. The molecule has 25 heavy (non-hydrogen) atoms. The molecule has 1 atom stereocenters. The summed E-state index contributed by atoms with van der Waals surface area (Å²) in [5.41, 5.74) is 4.76. The van der Waals surface area contributed by atoms with Crippen molar-refractivity contribution in [3.63, 3.8) is 0 Å². The summed E-state index contributed by atoms with van der Waals surface area (Å²) in [6, 6.07) is 0. The van der Waals surface area contributed by atoms with Crippen molar-refractivity contribution < 1.29 is 24.3 Å². The molecule has 0 fully saturated rings. The lowest BCUT2D eigenvalue weighted by Crippen LogP contribution is -2.71. The number of nitrogens with zero attached hydrogens (tertiary/aromatic N) is 1. The SMILES string of the molecule is CC(=O)O.CCCCCCCCCCCCC(N)(C(=O)[O-])[N+](C)(C)C. The molecule has 150 valence electrons. The van der Waals surface area contributed by atoms with Crippen LogP contribution in [0.25, 0.3) is 0 Å². The second kappa shape index (κ2) is 14.1. The van der Waals surface area contributed by atoms with Gasteiger partial charge in [-0.1, -0.05) is 64.7 Å². The summed E-state index contributed by atoms with van der Waals surface area (Å²) in [6.07, 6.45) is 12.8. The van der Waals surface area contributed by atoms with Crippen molar-refractivity contribution in [1.29, 1.82) is 0 Å². The Bertz CT molecular complexity index is 363. The Balaban J connectivity index is 0. The Morgan fingerprint density at radius 2 is 1.24 bits per heavy atom. The number of hydrogen-bond donors (Lipinski definition) is 2. The van der Waals surface area contributed by atoms with Crippen molar-refractivity contribution in [2.24, 2.45) is 5.73 Å². The average Bonchev–Trinajstić information content (AvgIpc) is 2.47. The number of likely N-dealkylation sites (N-methyl/N-ethyl adjacent to an activating group) is 1. The lowest BCUT2D eigenvalue weighted by atomic mass is 9.98. The number of carbonyl (C=O) groups is 2. The number of quaternary nitrogens is 1.